The SMILES string of the molecule is Cl.O=C1CCCc2ncccc21. The maximum Gasteiger partial charge on any atom is 0.164 e. The van der Waals surface area contributed by atoms with Crippen molar-refractivity contribution >= 4 is 18.2 Å². The first-order chi connectivity index (χ1) is 5.38. The van der Waals surface area contributed by atoms with Crippen LogP contribution in [0.1, 0.15) is 28.9 Å². The lowest BCUT2D eigenvalue weighted by Crippen LogP contribution is -2.11. The Hall–Kier alpha value is -0.890. The van der Waals surface area contributed by atoms with Crippen LogP contribution in [0.4, 0.5) is 0 Å². The van der Waals surface area contributed by atoms with Crippen LogP contribution in [0.25, 0.3) is 0 Å². The molecule has 64 valence electrons. The van der Waals surface area contributed by atoms with E-state index in [0.29, 0.717) is 6.42 Å². The molecule has 12 heavy (non-hydrogen) atoms. The summed E-state index contributed by atoms with van der Waals surface area (Å²) >= 11 is 0. The molecular formula is C9H10ClNO. The number of halogens is 1. The minimum absolute atomic E-state index is 0. The first kappa shape index (κ1) is 9.20. The van der Waals surface area contributed by atoms with Crippen molar-refractivity contribution in [2.75, 3.05) is 0 Å². The highest BCUT2D eigenvalue weighted by atomic mass is 35.5. The second kappa shape index (κ2) is 3.68. The summed E-state index contributed by atoms with van der Waals surface area (Å²) in [5.41, 5.74) is 1.81. The van der Waals surface area contributed by atoms with Crippen LogP contribution in [0.15, 0.2) is 18.3 Å². The zero-order chi connectivity index (χ0) is 7.68. The topological polar surface area (TPSA) is 30.0 Å². The number of aryl methyl sites for hydroxylation is 1. The van der Waals surface area contributed by atoms with E-state index in [1.165, 1.54) is 0 Å². The molecule has 0 fully saturated rings. The van der Waals surface area contributed by atoms with Gasteiger partial charge in [0.25, 0.3) is 0 Å². The predicted octanol–water partition coefficient (Wildman–Crippen LogP) is 2.02. The molecule has 2 nitrogen and oxygen atoms in total. The van der Waals surface area contributed by atoms with Gasteiger partial charge in [0, 0.05) is 18.2 Å². The molecule has 0 unspecified atom stereocenters. The molecule has 0 N–H and O–H groups in total. The fourth-order valence-electron chi connectivity index (χ4n) is 1.44. The Kier molecular flexibility index (Phi) is 2.82. The van der Waals surface area contributed by atoms with Crippen molar-refractivity contribution in [3.63, 3.8) is 0 Å². The molecule has 1 aliphatic rings. The second-order valence-electron chi connectivity index (χ2n) is 2.77. The summed E-state index contributed by atoms with van der Waals surface area (Å²) in [4.78, 5) is 15.4. The minimum atomic E-state index is 0. The number of carbonyl (C=O) groups excluding carboxylic acids is 1. The fraction of sp³-hybridized carbons (Fsp3) is 0.333. The molecule has 3 heteroatoms. The normalized spacial score (nSPS) is 14.8. The van der Waals surface area contributed by atoms with E-state index in [-0.39, 0.29) is 18.2 Å². The monoisotopic (exact) mass is 183 g/mol. The number of nitrogens with zero attached hydrogens (tertiary/aromatic N) is 1. The molecule has 0 radical (unpaired) electrons. The molecule has 0 bridgehead atoms. The Balaban J connectivity index is 0.000000720. The molecule has 2 rings (SSSR count). The van der Waals surface area contributed by atoms with Gasteiger partial charge in [-0.05, 0) is 25.0 Å². The van der Waals surface area contributed by atoms with Crippen molar-refractivity contribution in [1.29, 1.82) is 0 Å². The van der Waals surface area contributed by atoms with E-state index in [1.807, 2.05) is 12.1 Å². The van der Waals surface area contributed by atoms with Crippen LogP contribution in [-0.4, -0.2) is 10.8 Å². The zero-order valence-corrected chi connectivity index (χ0v) is 7.43. The Morgan fingerprint density at radius 3 is 2.92 bits per heavy atom. The highest BCUT2D eigenvalue weighted by Gasteiger charge is 2.16. The van der Waals surface area contributed by atoms with Gasteiger partial charge in [0.05, 0.1) is 5.69 Å². The second-order valence-corrected chi connectivity index (χ2v) is 2.77. The number of aromatic nitrogens is 1. The van der Waals surface area contributed by atoms with Gasteiger partial charge in [0.15, 0.2) is 5.78 Å². The van der Waals surface area contributed by atoms with E-state index < -0.39 is 0 Å². The lowest BCUT2D eigenvalue weighted by Gasteiger charge is -2.11. The smallest absolute Gasteiger partial charge is 0.164 e. The van der Waals surface area contributed by atoms with Crippen molar-refractivity contribution < 1.29 is 4.79 Å². The molecule has 0 saturated heterocycles. The standard InChI is InChI=1S/C9H9NO.ClH/c11-9-5-1-4-8-7(9)3-2-6-10-8;/h2-3,6H,1,4-5H2;1H. The number of carbonyl (C=O) groups is 1. The van der Waals surface area contributed by atoms with Gasteiger partial charge in [-0.1, -0.05) is 0 Å². The number of fused-ring (bicyclic) bond motifs is 1. The number of hydrogen-bond acceptors (Lipinski definition) is 2. The summed E-state index contributed by atoms with van der Waals surface area (Å²) in [6.45, 7) is 0. The van der Waals surface area contributed by atoms with Gasteiger partial charge in [-0.3, -0.25) is 9.78 Å². The first-order valence-electron chi connectivity index (χ1n) is 3.85. The lowest BCUT2D eigenvalue weighted by atomic mass is 9.95. The third-order valence-electron chi connectivity index (χ3n) is 2.01. The molecule has 0 atom stereocenters. The summed E-state index contributed by atoms with van der Waals surface area (Å²) in [5, 5.41) is 0. The molecule has 0 aromatic carbocycles. The van der Waals surface area contributed by atoms with Gasteiger partial charge in [-0.15, -0.1) is 12.4 Å². The van der Waals surface area contributed by atoms with E-state index in [9.17, 15) is 4.79 Å². The van der Waals surface area contributed by atoms with Gasteiger partial charge >= 0.3 is 0 Å². The molecule has 1 aromatic rings. The van der Waals surface area contributed by atoms with Gasteiger partial charge in [0.2, 0.25) is 0 Å². The van der Waals surface area contributed by atoms with Crippen LogP contribution in [-0.2, 0) is 6.42 Å². The third-order valence-corrected chi connectivity index (χ3v) is 2.01. The van der Waals surface area contributed by atoms with Crippen molar-refractivity contribution in [3.8, 4) is 0 Å². The molecule has 1 heterocycles. The molecular weight excluding hydrogens is 174 g/mol. The number of hydrogen-bond donors (Lipinski definition) is 0. The number of Topliss-reactive ketones (excluding diaryl/α,β-unsaturated/α-hetero) is 1. The Bertz CT molecular complexity index is 298. The molecule has 0 spiro atoms. The Labute approximate surface area is 77.4 Å². The van der Waals surface area contributed by atoms with Crippen LogP contribution in [0.5, 0.6) is 0 Å². The Morgan fingerprint density at radius 2 is 2.17 bits per heavy atom. The van der Waals surface area contributed by atoms with E-state index in [1.54, 1.807) is 6.20 Å². The van der Waals surface area contributed by atoms with E-state index in [0.717, 1.165) is 24.1 Å². The quantitative estimate of drug-likeness (QED) is 0.616. The molecule has 0 amide bonds. The number of ketones is 1. The minimum Gasteiger partial charge on any atom is -0.294 e. The summed E-state index contributed by atoms with van der Waals surface area (Å²) in [5.74, 6) is 0.249. The predicted molar refractivity (Wildman–Crippen MR) is 48.8 cm³/mol. The average Bonchev–Trinajstić information content (AvgIpc) is 2.06. The van der Waals surface area contributed by atoms with Crippen molar-refractivity contribution in [3.05, 3.63) is 29.6 Å². The van der Waals surface area contributed by atoms with Gasteiger partial charge < -0.3 is 0 Å². The Morgan fingerprint density at radius 1 is 1.33 bits per heavy atom. The fourth-order valence-corrected chi connectivity index (χ4v) is 1.44. The van der Waals surface area contributed by atoms with E-state index in [2.05, 4.69) is 4.98 Å². The molecule has 1 aliphatic carbocycles. The molecule has 0 aliphatic heterocycles. The molecule has 1 aromatic heterocycles. The first-order valence-corrected chi connectivity index (χ1v) is 3.85. The van der Waals surface area contributed by atoms with Crippen LogP contribution in [0.3, 0.4) is 0 Å². The lowest BCUT2D eigenvalue weighted by molar-refractivity contribution is 0.0971. The van der Waals surface area contributed by atoms with Gasteiger partial charge in [-0.2, -0.15) is 0 Å². The van der Waals surface area contributed by atoms with Gasteiger partial charge in [0.1, 0.15) is 0 Å². The largest absolute Gasteiger partial charge is 0.294 e. The van der Waals surface area contributed by atoms with Crippen molar-refractivity contribution in [2.45, 2.75) is 19.3 Å². The van der Waals surface area contributed by atoms with Crippen LogP contribution < -0.4 is 0 Å². The summed E-state index contributed by atoms with van der Waals surface area (Å²) in [7, 11) is 0. The maximum absolute atomic E-state index is 11.2. The van der Waals surface area contributed by atoms with Gasteiger partial charge in [-0.25, -0.2) is 0 Å². The van der Waals surface area contributed by atoms with Crippen LogP contribution >= 0.6 is 12.4 Å². The van der Waals surface area contributed by atoms with Crippen LogP contribution in [0, 0.1) is 0 Å². The van der Waals surface area contributed by atoms with E-state index in [4.69, 9.17) is 0 Å². The average molecular weight is 184 g/mol. The molecule has 0 saturated carbocycles. The van der Waals surface area contributed by atoms with Crippen molar-refractivity contribution in [1.82, 2.24) is 4.98 Å². The highest BCUT2D eigenvalue weighted by Crippen LogP contribution is 2.17. The van der Waals surface area contributed by atoms with Crippen molar-refractivity contribution in [2.24, 2.45) is 0 Å². The maximum atomic E-state index is 11.2. The third kappa shape index (κ3) is 1.48. The van der Waals surface area contributed by atoms with E-state index >= 15 is 0 Å². The highest BCUT2D eigenvalue weighted by molar-refractivity contribution is 5.97. The summed E-state index contributed by atoms with van der Waals surface area (Å²) in [6, 6.07) is 3.69. The zero-order valence-electron chi connectivity index (χ0n) is 6.62. The number of rotatable bonds is 0. The summed E-state index contributed by atoms with van der Waals surface area (Å²) in [6.07, 6.45) is 4.36. The summed E-state index contributed by atoms with van der Waals surface area (Å²) < 4.78 is 0. The van der Waals surface area contributed by atoms with Crippen LogP contribution in [0.2, 0.25) is 0 Å². The number of pyridine rings is 1.